The Morgan fingerprint density at radius 3 is 2.61 bits per heavy atom. The smallest absolute Gasteiger partial charge is 0.222 e. The first kappa shape index (κ1) is 12.4. The number of rotatable bonds is 2. The van der Waals surface area contributed by atoms with Crippen LogP contribution < -0.4 is 10.4 Å². The van der Waals surface area contributed by atoms with Crippen molar-refractivity contribution in [3.8, 4) is 0 Å². The molecular weight excluding hydrogens is 222 g/mol. The zero-order valence-corrected chi connectivity index (χ0v) is 11.0. The number of aryl methyl sites for hydroxylation is 2. The van der Waals surface area contributed by atoms with E-state index in [2.05, 4.69) is 11.6 Å². The predicted octanol–water partition coefficient (Wildman–Crippen LogP) is 2.59. The average Bonchev–Trinajstić information content (AvgIpc) is 2.68. The van der Waals surface area contributed by atoms with E-state index in [0.717, 1.165) is 27.5 Å². The minimum absolute atomic E-state index is 0.683. The quantitative estimate of drug-likeness (QED) is 0.805. The second-order valence-electron chi connectivity index (χ2n) is 4.38. The van der Waals surface area contributed by atoms with E-state index in [1.54, 1.807) is 0 Å². The molecule has 1 aromatic heterocycles. The van der Waals surface area contributed by atoms with Gasteiger partial charge in [-0.15, -0.1) is 0 Å². The van der Waals surface area contributed by atoms with Crippen molar-refractivity contribution in [2.24, 2.45) is 0 Å². The lowest BCUT2D eigenvalue weighted by molar-refractivity contribution is 0.511. The average molecular weight is 239 g/mol. The van der Waals surface area contributed by atoms with Crippen LogP contribution in [0.25, 0.3) is 18.2 Å². The van der Waals surface area contributed by atoms with Crippen LogP contribution in [-0.2, 0) is 0 Å². The van der Waals surface area contributed by atoms with Gasteiger partial charge >= 0.3 is 0 Å². The van der Waals surface area contributed by atoms with E-state index in [1.165, 1.54) is 0 Å². The largest absolute Gasteiger partial charge is 0.442 e. The van der Waals surface area contributed by atoms with Crippen molar-refractivity contribution in [1.29, 1.82) is 0 Å². The van der Waals surface area contributed by atoms with Crippen LogP contribution in [0.1, 0.15) is 24.3 Å². The van der Waals surface area contributed by atoms with Gasteiger partial charge in [0.2, 0.25) is 5.89 Å². The van der Waals surface area contributed by atoms with E-state index >= 15 is 0 Å². The third kappa shape index (κ3) is 2.59. The Morgan fingerprint density at radius 2 is 2.00 bits per heavy atom. The summed E-state index contributed by atoms with van der Waals surface area (Å²) in [5.74, 6) is 1.55. The molecule has 2 nitrogen and oxygen atoms in total. The van der Waals surface area contributed by atoms with E-state index in [4.69, 9.17) is 4.42 Å². The van der Waals surface area contributed by atoms with Crippen molar-refractivity contribution in [2.75, 3.05) is 0 Å². The minimum atomic E-state index is 0.683. The zero-order chi connectivity index (χ0) is 13.1. The summed E-state index contributed by atoms with van der Waals surface area (Å²) < 4.78 is 5.58. The highest BCUT2D eigenvalue weighted by Gasteiger charge is 2.05. The molecule has 1 heterocycles. The van der Waals surface area contributed by atoms with Crippen LogP contribution in [0.3, 0.4) is 0 Å². The first-order valence-electron chi connectivity index (χ1n) is 5.95. The molecule has 0 radical (unpaired) electrons. The number of hydrogen-bond acceptors (Lipinski definition) is 2. The summed E-state index contributed by atoms with van der Waals surface area (Å²) in [6.45, 7) is 9.86. The molecule has 0 atom stereocenters. The molecule has 0 N–H and O–H groups in total. The van der Waals surface area contributed by atoms with Gasteiger partial charge in [0.1, 0.15) is 5.76 Å². The van der Waals surface area contributed by atoms with E-state index in [0.29, 0.717) is 5.89 Å². The Balaban J connectivity index is 2.38. The molecule has 0 saturated carbocycles. The number of nitrogens with zero attached hydrogens (tertiary/aromatic N) is 1. The van der Waals surface area contributed by atoms with Gasteiger partial charge in [-0.2, -0.15) is 0 Å². The van der Waals surface area contributed by atoms with Crippen LogP contribution in [0.2, 0.25) is 0 Å². The number of allylic oxidation sites excluding steroid dienone is 2. The third-order valence-corrected chi connectivity index (χ3v) is 2.93. The molecule has 2 rings (SSSR count). The Morgan fingerprint density at radius 1 is 1.28 bits per heavy atom. The van der Waals surface area contributed by atoms with Crippen molar-refractivity contribution >= 4 is 18.2 Å². The topological polar surface area (TPSA) is 26.0 Å². The summed E-state index contributed by atoms with van der Waals surface area (Å²) in [5, 5.41) is 2.12. The lowest BCUT2D eigenvalue weighted by Gasteiger charge is -1.92. The molecule has 2 aromatic rings. The van der Waals surface area contributed by atoms with Crippen LogP contribution >= 0.6 is 0 Å². The highest BCUT2D eigenvalue weighted by Crippen LogP contribution is 2.16. The van der Waals surface area contributed by atoms with E-state index < -0.39 is 0 Å². The van der Waals surface area contributed by atoms with E-state index in [-0.39, 0.29) is 0 Å². The summed E-state index contributed by atoms with van der Waals surface area (Å²) in [5.41, 5.74) is 1.95. The SMILES string of the molecule is C=c1cccc/c1=C/C=C(\C)c1nc(C)c(C)o1. The summed E-state index contributed by atoms with van der Waals surface area (Å²) >= 11 is 0. The molecule has 0 bridgehead atoms. The number of hydrogen-bond donors (Lipinski definition) is 0. The molecule has 0 aliphatic rings. The summed E-state index contributed by atoms with van der Waals surface area (Å²) in [7, 11) is 0. The standard InChI is InChI=1S/C16H17NO/c1-11-7-5-6-8-15(11)10-9-12(2)16-17-13(3)14(4)18-16/h5-10H,1H2,2-4H3/b12-9+,15-10-. The Kier molecular flexibility index (Phi) is 3.47. The van der Waals surface area contributed by atoms with Gasteiger partial charge < -0.3 is 4.42 Å². The van der Waals surface area contributed by atoms with Crippen molar-refractivity contribution < 1.29 is 4.42 Å². The Labute approximate surface area is 107 Å². The van der Waals surface area contributed by atoms with Crippen molar-refractivity contribution in [3.05, 3.63) is 58.1 Å². The molecule has 0 fully saturated rings. The molecule has 92 valence electrons. The molecule has 18 heavy (non-hydrogen) atoms. The van der Waals surface area contributed by atoms with Gasteiger partial charge in [0.15, 0.2) is 0 Å². The molecule has 0 amide bonds. The summed E-state index contributed by atoms with van der Waals surface area (Å²) in [6.07, 6.45) is 4.04. The number of oxazole rings is 1. The number of aromatic nitrogens is 1. The highest BCUT2D eigenvalue weighted by atomic mass is 16.4. The highest BCUT2D eigenvalue weighted by molar-refractivity contribution is 5.64. The molecule has 0 unspecified atom stereocenters. The van der Waals surface area contributed by atoms with Crippen LogP contribution in [0.4, 0.5) is 0 Å². The lowest BCUT2D eigenvalue weighted by Crippen LogP contribution is -2.21. The molecule has 0 aliphatic heterocycles. The minimum Gasteiger partial charge on any atom is -0.442 e. The predicted molar refractivity (Wildman–Crippen MR) is 75.3 cm³/mol. The van der Waals surface area contributed by atoms with Crippen LogP contribution in [0.5, 0.6) is 0 Å². The lowest BCUT2D eigenvalue weighted by atomic mass is 10.2. The van der Waals surface area contributed by atoms with Crippen LogP contribution in [-0.4, -0.2) is 4.98 Å². The van der Waals surface area contributed by atoms with Gasteiger partial charge in [-0.25, -0.2) is 4.98 Å². The Hall–Kier alpha value is -2.09. The van der Waals surface area contributed by atoms with Gasteiger partial charge in [-0.05, 0) is 31.2 Å². The maximum atomic E-state index is 5.58. The fraction of sp³-hybridized carbons (Fsp3) is 0.188. The normalized spacial score (nSPS) is 13.1. The second-order valence-corrected chi connectivity index (χ2v) is 4.38. The van der Waals surface area contributed by atoms with Gasteiger partial charge in [-0.1, -0.05) is 43.0 Å². The molecule has 0 aliphatic carbocycles. The Bertz CT molecular complexity index is 673. The van der Waals surface area contributed by atoms with E-state index in [9.17, 15) is 0 Å². The van der Waals surface area contributed by atoms with Crippen LogP contribution in [0.15, 0.2) is 34.8 Å². The first-order valence-corrected chi connectivity index (χ1v) is 5.95. The van der Waals surface area contributed by atoms with Crippen molar-refractivity contribution in [2.45, 2.75) is 20.8 Å². The molecule has 0 spiro atoms. The summed E-state index contributed by atoms with van der Waals surface area (Å²) in [4.78, 5) is 4.37. The fourth-order valence-corrected chi connectivity index (χ4v) is 1.62. The molecule has 0 saturated heterocycles. The maximum Gasteiger partial charge on any atom is 0.222 e. The summed E-state index contributed by atoms with van der Waals surface area (Å²) in [6, 6.07) is 8.02. The third-order valence-electron chi connectivity index (χ3n) is 2.93. The molecule has 1 aromatic carbocycles. The zero-order valence-electron chi connectivity index (χ0n) is 11.0. The van der Waals surface area contributed by atoms with Crippen molar-refractivity contribution in [1.82, 2.24) is 4.98 Å². The van der Waals surface area contributed by atoms with Crippen molar-refractivity contribution in [3.63, 3.8) is 0 Å². The second kappa shape index (κ2) is 5.05. The van der Waals surface area contributed by atoms with Gasteiger partial charge in [0.25, 0.3) is 0 Å². The first-order chi connectivity index (χ1) is 8.58. The van der Waals surface area contributed by atoms with Crippen LogP contribution in [0, 0.1) is 13.8 Å². The van der Waals surface area contributed by atoms with E-state index in [1.807, 2.05) is 57.2 Å². The number of benzene rings is 1. The van der Waals surface area contributed by atoms with Gasteiger partial charge in [0.05, 0.1) is 5.69 Å². The fourth-order valence-electron chi connectivity index (χ4n) is 1.62. The molecular formula is C16H17NO. The molecule has 2 heteroatoms. The van der Waals surface area contributed by atoms with Gasteiger partial charge in [0, 0.05) is 5.57 Å². The monoisotopic (exact) mass is 239 g/mol. The maximum absolute atomic E-state index is 5.58. The van der Waals surface area contributed by atoms with Gasteiger partial charge in [-0.3, -0.25) is 0 Å².